The Hall–Kier alpha value is -3.14. The number of anilines is 2. The molecule has 1 heterocycles. The maximum Gasteiger partial charge on any atom is 0.235 e. The summed E-state index contributed by atoms with van der Waals surface area (Å²) in [6.07, 6.45) is 0.449. The molecule has 3 nitrogen and oxygen atoms in total. The standard InChI is InChI=1S/C24H23FN2O/c1-24(15-16-6-4-8-19(25)12-16)21-14-18(10-11-22(21)26-23(24)28)17-7-5-9-20(13-17)27(2)3/h4-14H,15H2,1-3H3,(H,26,28). The lowest BCUT2D eigenvalue weighted by Gasteiger charge is -2.23. The van der Waals surface area contributed by atoms with Gasteiger partial charge in [0.25, 0.3) is 0 Å². The van der Waals surface area contributed by atoms with Gasteiger partial charge in [-0.25, -0.2) is 4.39 Å². The van der Waals surface area contributed by atoms with Crippen molar-refractivity contribution >= 4 is 17.3 Å². The number of hydrogen-bond donors (Lipinski definition) is 1. The Morgan fingerprint density at radius 1 is 0.964 bits per heavy atom. The number of carbonyl (C=O) groups excluding carboxylic acids is 1. The molecular formula is C24H23FN2O. The highest BCUT2D eigenvalue weighted by Crippen LogP contribution is 2.42. The molecule has 1 amide bonds. The average Bonchev–Trinajstić information content (AvgIpc) is 2.91. The van der Waals surface area contributed by atoms with Gasteiger partial charge in [0, 0.05) is 25.5 Å². The average molecular weight is 374 g/mol. The molecule has 0 fully saturated rings. The summed E-state index contributed by atoms with van der Waals surface area (Å²) < 4.78 is 13.6. The van der Waals surface area contributed by atoms with Gasteiger partial charge >= 0.3 is 0 Å². The maximum atomic E-state index is 13.6. The fraction of sp³-hybridized carbons (Fsp3) is 0.208. The highest BCUT2D eigenvalue weighted by molar-refractivity contribution is 6.06. The third kappa shape index (κ3) is 3.15. The van der Waals surface area contributed by atoms with E-state index in [-0.39, 0.29) is 11.7 Å². The van der Waals surface area contributed by atoms with Crippen LogP contribution in [0.5, 0.6) is 0 Å². The molecular weight excluding hydrogens is 351 g/mol. The fourth-order valence-corrected chi connectivity index (χ4v) is 3.87. The first-order chi connectivity index (χ1) is 13.4. The number of amides is 1. The van der Waals surface area contributed by atoms with Crippen molar-refractivity contribution in [1.82, 2.24) is 0 Å². The number of carbonyl (C=O) groups is 1. The van der Waals surface area contributed by atoms with E-state index in [1.54, 1.807) is 6.07 Å². The molecule has 142 valence electrons. The van der Waals surface area contributed by atoms with Crippen LogP contribution in [0.2, 0.25) is 0 Å². The van der Waals surface area contributed by atoms with E-state index in [9.17, 15) is 9.18 Å². The normalized spacial score (nSPS) is 17.9. The molecule has 0 bridgehead atoms. The van der Waals surface area contributed by atoms with Crippen molar-refractivity contribution < 1.29 is 9.18 Å². The molecule has 3 aromatic carbocycles. The molecule has 0 aromatic heterocycles. The van der Waals surface area contributed by atoms with E-state index in [1.165, 1.54) is 12.1 Å². The second kappa shape index (κ2) is 6.79. The molecule has 3 aromatic rings. The summed E-state index contributed by atoms with van der Waals surface area (Å²) in [6, 6.07) is 20.9. The fourth-order valence-electron chi connectivity index (χ4n) is 3.87. The SMILES string of the molecule is CN(C)c1cccc(-c2ccc3c(c2)C(C)(Cc2cccc(F)c2)C(=O)N3)c1. The zero-order chi connectivity index (χ0) is 19.9. The number of halogens is 1. The van der Waals surface area contributed by atoms with E-state index in [0.717, 1.165) is 33.6 Å². The zero-order valence-corrected chi connectivity index (χ0v) is 16.3. The van der Waals surface area contributed by atoms with E-state index in [4.69, 9.17) is 0 Å². The molecule has 0 saturated heterocycles. The number of benzene rings is 3. The molecule has 28 heavy (non-hydrogen) atoms. The number of hydrogen-bond acceptors (Lipinski definition) is 2. The van der Waals surface area contributed by atoms with Crippen molar-refractivity contribution in [2.75, 3.05) is 24.3 Å². The van der Waals surface area contributed by atoms with Crippen molar-refractivity contribution in [1.29, 1.82) is 0 Å². The van der Waals surface area contributed by atoms with Gasteiger partial charge < -0.3 is 10.2 Å². The quantitative estimate of drug-likeness (QED) is 0.696. The molecule has 0 spiro atoms. The minimum Gasteiger partial charge on any atom is -0.378 e. The third-order valence-corrected chi connectivity index (χ3v) is 5.51. The van der Waals surface area contributed by atoms with Crippen LogP contribution >= 0.6 is 0 Å². The maximum absolute atomic E-state index is 13.6. The number of nitrogens with one attached hydrogen (secondary N) is 1. The Labute approximate surface area is 164 Å². The van der Waals surface area contributed by atoms with Crippen LogP contribution < -0.4 is 10.2 Å². The van der Waals surface area contributed by atoms with Crippen LogP contribution in [-0.2, 0) is 16.6 Å². The second-order valence-corrected chi connectivity index (χ2v) is 7.80. The van der Waals surface area contributed by atoms with Crippen LogP contribution in [0, 0.1) is 5.82 Å². The second-order valence-electron chi connectivity index (χ2n) is 7.80. The Kier molecular flexibility index (Phi) is 4.42. The Balaban J connectivity index is 1.76. The third-order valence-electron chi connectivity index (χ3n) is 5.51. The van der Waals surface area contributed by atoms with Gasteiger partial charge in [-0.2, -0.15) is 0 Å². The van der Waals surface area contributed by atoms with Crippen LogP contribution in [0.15, 0.2) is 66.7 Å². The first-order valence-electron chi connectivity index (χ1n) is 9.35. The van der Waals surface area contributed by atoms with Gasteiger partial charge in [-0.1, -0.05) is 30.3 Å². The van der Waals surface area contributed by atoms with Crippen molar-refractivity contribution in [3.63, 3.8) is 0 Å². The molecule has 0 saturated carbocycles. The van der Waals surface area contributed by atoms with Gasteiger partial charge in [0.2, 0.25) is 5.91 Å². The Morgan fingerprint density at radius 2 is 1.71 bits per heavy atom. The van der Waals surface area contributed by atoms with Crippen molar-refractivity contribution in [2.24, 2.45) is 0 Å². The summed E-state index contributed by atoms with van der Waals surface area (Å²) in [5, 5.41) is 2.99. The molecule has 1 atom stereocenters. The highest BCUT2D eigenvalue weighted by Gasteiger charge is 2.42. The van der Waals surface area contributed by atoms with Crippen LogP contribution in [0.4, 0.5) is 15.8 Å². The first-order valence-corrected chi connectivity index (χ1v) is 9.35. The van der Waals surface area contributed by atoms with Gasteiger partial charge in [-0.15, -0.1) is 0 Å². The van der Waals surface area contributed by atoms with Crippen LogP contribution in [0.1, 0.15) is 18.1 Å². The van der Waals surface area contributed by atoms with Gasteiger partial charge in [0.1, 0.15) is 5.82 Å². The first kappa shape index (κ1) is 18.2. The summed E-state index contributed by atoms with van der Waals surface area (Å²) in [7, 11) is 4.03. The molecule has 1 aliphatic rings. The van der Waals surface area contributed by atoms with Crippen LogP contribution in [-0.4, -0.2) is 20.0 Å². The van der Waals surface area contributed by atoms with E-state index in [1.807, 2.05) is 45.3 Å². The summed E-state index contributed by atoms with van der Waals surface area (Å²) in [5.41, 5.74) is 5.13. The van der Waals surface area contributed by atoms with Crippen molar-refractivity contribution in [3.8, 4) is 11.1 Å². The molecule has 0 aliphatic carbocycles. The largest absolute Gasteiger partial charge is 0.378 e. The topological polar surface area (TPSA) is 32.3 Å². The van der Waals surface area contributed by atoms with E-state index in [0.29, 0.717) is 6.42 Å². The zero-order valence-electron chi connectivity index (χ0n) is 16.3. The van der Waals surface area contributed by atoms with Gasteiger partial charge in [-0.3, -0.25) is 4.79 Å². The van der Waals surface area contributed by atoms with Crippen molar-refractivity contribution in [3.05, 3.63) is 83.7 Å². The lowest BCUT2D eigenvalue weighted by Crippen LogP contribution is -2.33. The van der Waals surface area contributed by atoms with Crippen LogP contribution in [0.25, 0.3) is 11.1 Å². The lowest BCUT2D eigenvalue weighted by atomic mass is 9.77. The minimum atomic E-state index is -0.738. The molecule has 1 aliphatic heterocycles. The summed E-state index contributed by atoms with van der Waals surface area (Å²) >= 11 is 0. The lowest BCUT2D eigenvalue weighted by molar-refractivity contribution is -0.120. The van der Waals surface area contributed by atoms with E-state index < -0.39 is 5.41 Å². The van der Waals surface area contributed by atoms with E-state index in [2.05, 4.69) is 34.5 Å². The molecule has 0 radical (unpaired) electrons. The van der Waals surface area contributed by atoms with Crippen LogP contribution in [0.3, 0.4) is 0 Å². The van der Waals surface area contributed by atoms with Gasteiger partial charge in [-0.05, 0) is 72.0 Å². The van der Waals surface area contributed by atoms with E-state index >= 15 is 0 Å². The molecule has 1 N–H and O–H groups in total. The van der Waals surface area contributed by atoms with Gasteiger partial charge in [0.15, 0.2) is 0 Å². The minimum absolute atomic E-state index is 0.0500. The monoisotopic (exact) mass is 374 g/mol. The summed E-state index contributed by atoms with van der Waals surface area (Å²) in [5.74, 6) is -0.333. The van der Waals surface area contributed by atoms with Crippen molar-refractivity contribution in [2.45, 2.75) is 18.8 Å². The number of nitrogens with zero attached hydrogens (tertiary/aromatic N) is 1. The summed E-state index contributed by atoms with van der Waals surface area (Å²) in [6.45, 7) is 1.93. The highest BCUT2D eigenvalue weighted by atomic mass is 19.1. The Bertz CT molecular complexity index is 1060. The smallest absolute Gasteiger partial charge is 0.235 e. The van der Waals surface area contributed by atoms with Gasteiger partial charge in [0.05, 0.1) is 5.41 Å². The molecule has 1 unspecified atom stereocenters. The predicted octanol–water partition coefficient (Wildman–Crippen LogP) is 5.01. The molecule has 4 heteroatoms. The number of fused-ring (bicyclic) bond motifs is 1. The Morgan fingerprint density at radius 3 is 2.46 bits per heavy atom. The molecule has 4 rings (SSSR count). The summed E-state index contributed by atoms with van der Waals surface area (Å²) in [4.78, 5) is 14.9. The number of rotatable bonds is 4. The predicted molar refractivity (Wildman–Crippen MR) is 112 cm³/mol.